The van der Waals surface area contributed by atoms with Crippen LogP contribution in [0.4, 0.5) is 17.3 Å². The lowest BCUT2D eigenvalue weighted by molar-refractivity contribution is 0.768. The van der Waals surface area contributed by atoms with Gasteiger partial charge in [-0.1, -0.05) is 11.8 Å². The molecule has 2 aromatic heterocycles. The van der Waals surface area contributed by atoms with Crippen molar-refractivity contribution in [3.05, 3.63) is 18.5 Å². The molecule has 0 radical (unpaired) electrons. The molecule has 0 aromatic carbocycles. The second kappa shape index (κ2) is 4.40. The van der Waals surface area contributed by atoms with E-state index < -0.39 is 0 Å². The van der Waals surface area contributed by atoms with Crippen LogP contribution in [-0.2, 0) is 7.05 Å². The number of hydrogen-bond acceptors (Lipinski definition) is 6. The van der Waals surface area contributed by atoms with Crippen molar-refractivity contribution < 1.29 is 0 Å². The predicted molar refractivity (Wildman–Crippen MR) is 64.7 cm³/mol. The van der Waals surface area contributed by atoms with E-state index in [4.69, 9.17) is 5.73 Å². The van der Waals surface area contributed by atoms with E-state index in [0.717, 1.165) is 5.69 Å². The quantitative estimate of drug-likeness (QED) is 0.616. The second-order valence-corrected chi connectivity index (χ2v) is 3.97. The highest BCUT2D eigenvalue weighted by molar-refractivity contribution is 7.98. The molecule has 0 atom stereocenters. The number of nitrogens with zero attached hydrogens (tertiary/aromatic N) is 4. The Morgan fingerprint density at radius 1 is 1.44 bits per heavy atom. The van der Waals surface area contributed by atoms with Gasteiger partial charge in [-0.25, -0.2) is 9.97 Å². The number of nitrogen functional groups attached to an aromatic ring is 1. The highest BCUT2D eigenvalue weighted by Crippen LogP contribution is 2.18. The van der Waals surface area contributed by atoms with Gasteiger partial charge in [0.05, 0.1) is 11.9 Å². The van der Waals surface area contributed by atoms with Crippen LogP contribution in [0, 0.1) is 0 Å². The van der Waals surface area contributed by atoms with Gasteiger partial charge >= 0.3 is 0 Å². The van der Waals surface area contributed by atoms with Crippen LogP contribution in [0.5, 0.6) is 0 Å². The van der Waals surface area contributed by atoms with Crippen LogP contribution in [0.25, 0.3) is 0 Å². The van der Waals surface area contributed by atoms with Gasteiger partial charge in [0.2, 0.25) is 0 Å². The number of nitrogens with one attached hydrogen (secondary N) is 1. The summed E-state index contributed by atoms with van der Waals surface area (Å²) >= 11 is 1.45. The van der Waals surface area contributed by atoms with Gasteiger partial charge in [-0.3, -0.25) is 4.68 Å². The van der Waals surface area contributed by atoms with E-state index >= 15 is 0 Å². The van der Waals surface area contributed by atoms with Crippen molar-refractivity contribution >= 4 is 29.1 Å². The third-order valence-corrected chi connectivity index (χ3v) is 2.43. The zero-order valence-electron chi connectivity index (χ0n) is 9.01. The number of anilines is 3. The summed E-state index contributed by atoms with van der Waals surface area (Å²) < 4.78 is 1.71. The van der Waals surface area contributed by atoms with Crippen LogP contribution < -0.4 is 11.1 Å². The van der Waals surface area contributed by atoms with Crippen molar-refractivity contribution in [1.82, 2.24) is 19.7 Å². The molecule has 0 saturated carbocycles. The smallest absolute Gasteiger partial charge is 0.191 e. The van der Waals surface area contributed by atoms with Gasteiger partial charge in [0.1, 0.15) is 11.6 Å². The fourth-order valence-corrected chi connectivity index (χ4v) is 1.62. The van der Waals surface area contributed by atoms with Crippen LogP contribution in [-0.4, -0.2) is 26.0 Å². The first kappa shape index (κ1) is 10.7. The third kappa shape index (κ3) is 2.43. The fraction of sp³-hybridized carbons (Fsp3) is 0.222. The summed E-state index contributed by atoms with van der Waals surface area (Å²) in [4.78, 5) is 8.35. The minimum Gasteiger partial charge on any atom is -0.383 e. The first-order valence-corrected chi connectivity index (χ1v) is 5.84. The molecule has 16 heavy (non-hydrogen) atoms. The number of nitrogens with two attached hydrogens (primary N) is 1. The van der Waals surface area contributed by atoms with E-state index in [2.05, 4.69) is 20.4 Å². The minimum absolute atomic E-state index is 0.450. The van der Waals surface area contributed by atoms with Gasteiger partial charge in [0.25, 0.3) is 0 Å². The monoisotopic (exact) mass is 236 g/mol. The van der Waals surface area contributed by atoms with Crippen molar-refractivity contribution in [2.24, 2.45) is 7.05 Å². The summed E-state index contributed by atoms with van der Waals surface area (Å²) in [7, 11) is 1.85. The number of thioether (sulfide) groups is 1. The number of rotatable bonds is 3. The average molecular weight is 236 g/mol. The van der Waals surface area contributed by atoms with Crippen LogP contribution in [0.15, 0.2) is 23.6 Å². The Labute approximate surface area is 97.3 Å². The second-order valence-electron chi connectivity index (χ2n) is 3.19. The lowest BCUT2D eigenvalue weighted by Crippen LogP contribution is -1.99. The first-order valence-electron chi connectivity index (χ1n) is 4.61. The molecule has 3 N–H and O–H groups in total. The molecule has 0 amide bonds. The Morgan fingerprint density at radius 3 is 2.88 bits per heavy atom. The summed E-state index contributed by atoms with van der Waals surface area (Å²) in [5, 5.41) is 7.81. The van der Waals surface area contributed by atoms with Crippen LogP contribution >= 0.6 is 11.8 Å². The maximum Gasteiger partial charge on any atom is 0.191 e. The van der Waals surface area contributed by atoms with Crippen molar-refractivity contribution in [3.8, 4) is 0 Å². The predicted octanol–water partition coefficient (Wildman–Crippen LogP) is 1.26. The van der Waals surface area contributed by atoms with E-state index in [1.54, 1.807) is 16.9 Å². The van der Waals surface area contributed by atoms with E-state index in [0.29, 0.717) is 16.8 Å². The molecule has 0 aliphatic heterocycles. The first-order chi connectivity index (χ1) is 7.67. The normalized spacial score (nSPS) is 10.4. The highest BCUT2D eigenvalue weighted by Gasteiger charge is 2.03. The van der Waals surface area contributed by atoms with Crippen molar-refractivity contribution in [2.45, 2.75) is 5.16 Å². The molecule has 0 spiro atoms. The molecule has 0 saturated heterocycles. The van der Waals surface area contributed by atoms with Crippen molar-refractivity contribution in [1.29, 1.82) is 0 Å². The third-order valence-electron chi connectivity index (χ3n) is 1.89. The Bertz CT molecular complexity index is 494. The molecule has 6 nitrogen and oxygen atoms in total. The highest BCUT2D eigenvalue weighted by atomic mass is 32.2. The topological polar surface area (TPSA) is 81.6 Å². The molecule has 84 valence electrons. The number of hydrogen-bond donors (Lipinski definition) is 2. The number of aryl methyl sites for hydroxylation is 1. The summed E-state index contributed by atoms with van der Waals surface area (Å²) in [6.07, 6.45) is 5.48. The van der Waals surface area contributed by atoms with E-state index in [1.165, 1.54) is 11.8 Å². The molecule has 2 heterocycles. The van der Waals surface area contributed by atoms with E-state index in [1.807, 2.05) is 19.5 Å². The van der Waals surface area contributed by atoms with Gasteiger partial charge in [-0.05, 0) is 6.26 Å². The van der Waals surface area contributed by atoms with E-state index in [9.17, 15) is 0 Å². The Balaban J connectivity index is 2.24. The molecule has 0 unspecified atom stereocenters. The van der Waals surface area contributed by atoms with Crippen LogP contribution in [0.3, 0.4) is 0 Å². The molecule has 7 heteroatoms. The van der Waals surface area contributed by atoms with Gasteiger partial charge in [0.15, 0.2) is 5.16 Å². The maximum absolute atomic E-state index is 5.67. The van der Waals surface area contributed by atoms with E-state index in [-0.39, 0.29) is 0 Å². The molecule has 0 aliphatic rings. The van der Waals surface area contributed by atoms with Gasteiger partial charge in [-0.15, -0.1) is 0 Å². The molecule has 0 aliphatic carbocycles. The Hall–Kier alpha value is -1.76. The Morgan fingerprint density at radius 2 is 2.25 bits per heavy atom. The summed E-state index contributed by atoms with van der Waals surface area (Å²) in [6.45, 7) is 0. The molecule has 2 aromatic rings. The van der Waals surface area contributed by atoms with Crippen molar-refractivity contribution in [3.63, 3.8) is 0 Å². The zero-order chi connectivity index (χ0) is 11.5. The summed E-state index contributed by atoms with van der Waals surface area (Å²) in [5.74, 6) is 1.12. The van der Waals surface area contributed by atoms with Gasteiger partial charge in [0, 0.05) is 19.3 Å². The maximum atomic E-state index is 5.67. The average Bonchev–Trinajstić information content (AvgIpc) is 2.63. The fourth-order valence-electron chi connectivity index (χ4n) is 1.23. The lowest BCUT2D eigenvalue weighted by atomic mass is 10.5. The van der Waals surface area contributed by atoms with Gasteiger partial charge in [-0.2, -0.15) is 5.10 Å². The molecular weight excluding hydrogens is 224 g/mol. The van der Waals surface area contributed by atoms with Crippen LogP contribution in [0.2, 0.25) is 0 Å². The van der Waals surface area contributed by atoms with Crippen LogP contribution in [0.1, 0.15) is 0 Å². The summed E-state index contributed by atoms with van der Waals surface area (Å²) in [5.41, 5.74) is 6.54. The standard InChI is InChI=1S/C9H12N6S/c1-15-5-6(4-11-15)12-8-3-7(10)13-9(14-8)16-2/h3-5H,1-2H3,(H3,10,12,13,14). The molecular formula is C9H12N6S. The molecule has 0 fully saturated rings. The minimum atomic E-state index is 0.450. The molecule has 2 rings (SSSR count). The summed E-state index contributed by atoms with van der Waals surface area (Å²) in [6, 6.07) is 1.69. The molecule has 0 bridgehead atoms. The lowest BCUT2D eigenvalue weighted by Gasteiger charge is -2.04. The van der Waals surface area contributed by atoms with Gasteiger partial charge < -0.3 is 11.1 Å². The number of aromatic nitrogens is 4. The van der Waals surface area contributed by atoms with Crippen molar-refractivity contribution in [2.75, 3.05) is 17.3 Å². The zero-order valence-corrected chi connectivity index (χ0v) is 9.82. The largest absolute Gasteiger partial charge is 0.383 e. The Kier molecular flexibility index (Phi) is 2.95. The SMILES string of the molecule is CSc1nc(N)cc(Nc2cnn(C)c2)n1.